The van der Waals surface area contributed by atoms with Crippen LogP contribution in [0.15, 0.2) is 0 Å². The number of carboxylic acids is 1. The lowest BCUT2D eigenvalue weighted by Gasteiger charge is -2.17. The third-order valence-electron chi connectivity index (χ3n) is 2.58. The maximum Gasteiger partial charge on any atom is 0.305 e. The van der Waals surface area contributed by atoms with Gasteiger partial charge in [-0.15, -0.1) is 0 Å². The van der Waals surface area contributed by atoms with Gasteiger partial charge in [-0.1, -0.05) is 0 Å². The van der Waals surface area contributed by atoms with Crippen LogP contribution in [0.25, 0.3) is 0 Å². The first-order chi connectivity index (χ1) is 7.00. The molecule has 0 radical (unpaired) electrons. The van der Waals surface area contributed by atoms with Gasteiger partial charge >= 0.3 is 5.97 Å². The topological polar surface area (TPSA) is 75.6 Å². The van der Waals surface area contributed by atoms with Crippen molar-refractivity contribution in [3.63, 3.8) is 0 Å². The summed E-state index contributed by atoms with van der Waals surface area (Å²) in [4.78, 5) is 22.1. The highest BCUT2D eigenvalue weighted by Gasteiger charge is 2.31. The van der Waals surface area contributed by atoms with Crippen LogP contribution in [-0.2, 0) is 14.3 Å². The molecule has 0 spiro atoms. The summed E-state index contributed by atoms with van der Waals surface area (Å²) < 4.78 is 5.27. The second-order valence-corrected chi connectivity index (χ2v) is 3.98. The Morgan fingerprint density at radius 3 is 2.73 bits per heavy atom. The van der Waals surface area contributed by atoms with Gasteiger partial charge in [0.2, 0.25) is 5.91 Å². The Bertz CT molecular complexity index is 254. The monoisotopic (exact) mass is 215 g/mol. The van der Waals surface area contributed by atoms with Crippen molar-refractivity contribution in [3.05, 3.63) is 0 Å². The molecule has 1 heterocycles. The van der Waals surface area contributed by atoms with E-state index in [1.54, 1.807) is 6.92 Å². The number of carbonyl (C=O) groups is 2. The molecule has 86 valence electrons. The van der Waals surface area contributed by atoms with Gasteiger partial charge in [-0.25, -0.2) is 0 Å². The summed E-state index contributed by atoms with van der Waals surface area (Å²) in [6.45, 7) is 4.15. The minimum atomic E-state index is -0.904. The summed E-state index contributed by atoms with van der Waals surface area (Å²) in [5.74, 6) is -1.14. The van der Waals surface area contributed by atoms with Crippen molar-refractivity contribution in [1.29, 1.82) is 0 Å². The molecular formula is C10H17NO4. The van der Waals surface area contributed by atoms with Gasteiger partial charge in [-0.2, -0.15) is 0 Å². The van der Waals surface area contributed by atoms with E-state index in [9.17, 15) is 9.59 Å². The molecule has 5 heteroatoms. The van der Waals surface area contributed by atoms with Gasteiger partial charge in [-0.05, 0) is 20.3 Å². The number of ether oxygens (including phenoxy) is 1. The normalized spacial score (nSPS) is 27.3. The van der Waals surface area contributed by atoms with Crippen LogP contribution in [0.4, 0.5) is 0 Å². The van der Waals surface area contributed by atoms with E-state index in [0.29, 0.717) is 13.0 Å². The van der Waals surface area contributed by atoms with E-state index in [4.69, 9.17) is 9.84 Å². The minimum Gasteiger partial charge on any atom is -0.481 e. The molecule has 1 fully saturated rings. The first-order valence-electron chi connectivity index (χ1n) is 5.14. The molecule has 5 nitrogen and oxygen atoms in total. The lowest BCUT2D eigenvalue weighted by Crippen LogP contribution is -2.40. The number of nitrogens with one attached hydrogen (secondary N) is 1. The van der Waals surface area contributed by atoms with Crippen molar-refractivity contribution in [2.75, 3.05) is 6.61 Å². The molecule has 1 amide bonds. The SMILES string of the molecule is CC(CC(=O)O)NC(=O)C1CCOC1C. The Morgan fingerprint density at radius 2 is 2.27 bits per heavy atom. The van der Waals surface area contributed by atoms with Crippen LogP contribution < -0.4 is 5.32 Å². The molecule has 0 bridgehead atoms. The highest BCUT2D eigenvalue weighted by molar-refractivity contribution is 5.80. The number of amides is 1. The van der Waals surface area contributed by atoms with Crippen molar-refractivity contribution < 1.29 is 19.4 Å². The minimum absolute atomic E-state index is 0.0479. The van der Waals surface area contributed by atoms with Crippen molar-refractivity contribution >= 4 is 11.9 Å². The molecule has 1 saturated heterocycles. The average molecular weight is 215 g/mol. The summed E-state index contributed by atoms with van der Waals surface area (Å²) in [5.41, 5.74) is 0. The summed E-state index contributed by atoms with van der Waals surface area (Å²) >= 11 is 0. The Balaban J connectivity index is 2.37. The first kappa shape index (κ1) is 12.0. The maximum absolute atomic E-state index is 11.7. The summed E-state index contributed by atoms with van der Waals surface area (Å²) in [6.07, 6.45) is 0.600. The number of rotatable bonds is 4. The Morgan fingerprint density at radius 1 is 1.60 bits per heavy atom. The van der Waals surface area contributed by atoms with Gasteiger partial charge in [0.25, 0.3) is 0 Å². The molecule has 15 heavy (non-hydrogen) atoms. The number of aliphatic carboxylic acids is 1. The fourth-order valence-corrected chi connectivity index (χ4v) is 1.74. The number of hydrogen-bond acceptors (Lipinski definition) is 3. The van der Waals surface area contributed by atoms with Gasteiger partial charge in [0, 0.05) is 12.6 Å². The highest BCUT2D eigenvalue weighted by atomic mass is 16.5. The zero-order chi connectivity index (χ0) is 11.4. The fraction of sp³-hybridized carbons (Fsp3) is 0.800. The molecule has 0 aromatic rings. The van der Waals surface area contributed by atoms with Crippen LogP contribution in [0.2, 0.25) is 0 Å². The van der Waals surface area contributed by atoms with Gasteiger partial charge in [0.1, 0.15) is 0 Å². The van der Waals surface area contributed by atoms with Crippen LogP contribution in [0.3, 0.4) is 0 Å². The molecule has 3 unspecified atom stereocenters. The van der Waals surface area contributed by atoms with E-state index in [0.717, 1.165) is 0 Å². The predicted octanol–water partition coefficient (Wildman–Crippen LogP) is 0.391. The largest absolute Gasteiger partial charge is 0.481 e. The Hall–Kier alpha value is -1.10. The van der Waals surface area contributed by atoms with Crippen LogP contribution in [0.1, 0.15) is 26.7 Å². The number of carbonyl (C=O) groups excluding carboxylic acids is 1. The van der Waals surface area contributed by atoms with Gasteiger partial charge < -0.3 is 15.2 Å². The Kier molecular flexibility index (Phi) is 4.08. The highest BCUT2D eigenvalue weighted by Crippen LogP contribution is 2.20. The molecule has 0 saturated carbocycles. The molecular weight excluding hydrogens is 198 g/mol. The smallest absolute Gasteiger partial charge is 0.305 e. The zero-order valence-corrected chi connectivity index (χ0v) is 9.03. The van der Waals surface area contributed by atoms with Crippen molar-refractivity contribution in [1.82, 2.24) is 5.32 Å². The van der Waals surface area contributed by atoms with Crippen molar-refractivity contribution in [3.8, 4) is 0 Å². The van der Waals surface area contributed by atoms with Gasteiger partial charge in [-0.3, -0.25) is 9.59 Å². The second-order valence-electron chi connectivity index (χ2n) is 3.98. The third-order valence-corrected chi connectivity index (χ3v) is 2.58. The first-order valence-corrected chi connectivity index (χ1v) is 5.14. The van der Waals surface area contributed by atoms with Gasteiger partial charge in [0.15, 0.2) is 0 Å². The summed E-state index contributed by atoms with van der Waals surface area (Å²) in [7, 11) is 0. The molecule has 1 aliphatic heterocycles. The van der Waals surface area contributed by atoms with Crippen LogP contribution >= 0.6 is 0 Å². The van der Waals surface area contributed by atoms with Crippen LogP contribution in [0.5, 0.6) is 0 Å². The van der Waals surface area contributed by atoms with Gasteiger partial charge in [0.05, 0.1) is 18.4 Å². The van der Waals surface area contributed by atoms with E-state index in [-0.39, 0.29) is 30.4 Å². The maximum atomic E-state index is 11.7. The quantitative estimate of drug-likeness (QED) is 0.711. The Labute approximate surface area is 88.8 Å². The summed E-state index contributed by atoms with van der Waals surface area (Å²) in [6, 6.07) is -0.331. The predicted molar refractivity (Wildman–Crippen MR) is 53.4 cm³/mol. The van der Waals surface area contributed by atoms with E-state index >= 15 is 0 Å². The molecule has 0 aromatic heterocycles. The second kappa shape index (κ2) is 5.11. The van der Waals surface area contributed by atoms with E-state index in [1.165, 1.54) is 0 Å². The van der Waals surface area contributed by atoms with E-state index in [2.05, 4.69) is 5.32 Å². The molecule has 0 aliphatic carbocycles. The third kappa shape index (κ3) is 3.51. The standard InChI is InChI=1S/C10H17NO4/c1-6(5-9(12)13)11-10(14)8-3-4-15-7(8)2/h6-8H,3-5H2,1-2H3,(H,11,14)(H,12,13). The number of hydrogen-bond donors (Lipinski definition) is 2. The average Bonchev–Trinajstić information content (AvgIpc) is 2.49. The molecule has 1 aliphatic rings. The molecule has 2 N–H and O–H groups in total. The van der Waals surface area contributed by atoms with Crippen LogP contribution in [-0.4, -0.2) is 35.7 Å². The molecule has 1 rings (SSSR count). The lowest BCUT2D eigenvalue weighted by molar-refractivity contribution is -0.137. The van der Waals surface area contributed by atoms with E-state index in [1.807, 2.05) is 6.92 Å². The zero-order valence-electron chi connectivity index (χ0n) is 9.03. The van der Waals surface area contributed by atoms with Crippen molar-refractivity contribution in [2.24, 2.45) is 5.92 Å². The molecule has 3 atom stereocenters. The number of carboxylic acid groups (broad SMARTS) is 1. The fourth-order valence-electron chi connectivity index (χ4n) is 1.74. The van der Waals surface area contributed by atoms with E-state index < -0.39 is 5.97 Å². The van der Waals surface area contributed by atoms with Crippen LogP contribution in [0, 0.1) is 5.92 Å². The lowest BCUT2D eigenvalue weighted by atomic mass is 10.0. The summed E-state index contributed by atoms with van der Waals surface area (Å²) in [5, 5.41) is 11.2. The molecule has 0 aromatic carbocycles. The van der Waals surface area contributed by atoms with Crippen molar-refractivity contribution in [2.45, 2.75) is 38.8 Å².